The molecule has 0 spiro atoms. The Labute approximate surface area is 106 Å². The van der Waals surface area contributed by atoms with Crippen molar-refractivity contribution < 1.29 is 9.32 Å². The normalized spacial score (nSPS) is 19.0. The maximum absolute atomic E-state index is 11.8. The van der Waals surface area contributed by atoms with E-state index in [1.54, 1.807) is 0 Å². The predicted molar refractivity (Wildman–Crippen MR) is 62.1 cm³/mol. The minimum absolute atomic E-state index is 0.00824. The van der Waals surface area contributed by atoms with E-state index in [1.807, 2.05) is 0 Å². The van der Waals surface area contributed by atoms with E-state index >= 15 is 0 Å². The Morgan fingerprint density at radius 2 is 2.56 bits per heavy atom. The van der Waals surface area contributed by atoms with Crippen molar-refractivity contribution in [2.75, 3.05) is 11.9 Å². The summed E-state index contributed by atoms with van der Waals surface area (Å²) >= 11 is 1.23. The Kier molecular flexibility index (Phi) is 2.99. The van der Waals surface area contributed by atoms with Gasteiger partial charge in [-0.3, -0.25) is 10.1 Å². The molecule has 2 N–H and O–H groups in total. The number of anilines is 1. The quantitative estimate of drug-likeness (QED) is 0.837. The molecule has 0 bridgehead atoms. The highest BCUT2D eigenvalue weighted by molar-refractivity contribution is 7.13. The molecule has 18 heavy (non-hydrogen) atoms. The summed E-state index contributed by atoms with van der Waals surface area (Å²) in [4.78, 5) is 15.8. The molecule has 3 rings (SSSR count). The average Bonchev–Trinajstić information content (AvgIpc) is 3.11. The number of nitrogens with zero attached hydrogens (tertiary/aromatic N) is 4. The van der Waals surface area contributed by atoms with Gasteiger partial charge in [0.1, 0.15) is 5.51 Å². The third kappa shape index (κ3) is 2.22. The van der Waals surface area contributed by atoms with Gasteiger partial charge < -0.3 is 9.84 Å². The molecule has 0 saturated carbocycles. The zero-order valence-electron chi connectivity index (χ0n) is 9.29. The van der Waals surface area contributed by atoms with Crippen LogP contribution >= 0.6 is 11.3 Å². The number of rotatable bonds is 3. The van der Waals surface area contributed by atoms with Crippen LogP contribution in [0, 0.1) is 0 Å². The van der Waals surface area contributed by atoms with Gasteiger partial charge in [-0.05, 0) is 19.4 Å². The van der Waals surface area contributed by atoms with Gasteiger partial charge in [-0.2, -0.15) is 4.98 Å². The molecule has 1 fully saturated rings. The van der Waals surface area contributed by atoms with Crippen molar-refractivity contribution in [3.05, 3.63) is 17.2 Å². The topological polar surface area (TPSA) is 106 Å². The monoisotopic (exact) mass is 266 g/mol. The van der Waals surface area contributed by atoms with Crippen LogP contribution in [0.2, 0.25) is 0 Å². The highest BCUT2D eigenvalue weighted by atomic mass is 32.1. The molecule has 1 saturated heterocycles. The van der Waals surface area contributed by atoms with E-state index in [9.17, 15) is 4.79 Å². The van der Waals surface area contributed by atoms with E-state index in [1.165, 1.54) is 16.8 Å². The first-order valence-corrected chi connectivity index (χ1v) is 6.35. The first-order chi connectivity index (χ1) is 8.83. The second-order valence-electron chi connectivity index (χ2n) is 3.80. The molecule has 1 unspecified atom stereocenters. The fourth-order valence-corrected chi connectivity index (χ4v) is 2.18. The minimum Gasteiger partial charge on any atom is -0.337 e. The van der Waals surface area contributed by atoms with Crippen LogP contribution in [-0.2, 0) is 0 Å². The standard InChI is InChI=1S/C9H10N6O2S/c16-7(13-9-14-11-4-18-9)6-12-8(17-15-6)5-2-1-3-10-5/h4-5,10H,1-3H2,(H,13,14,16). The number of nitrogens with one attached hydrogen (secondary N) is 2. The highest BCUT2D eigenvalue weighted by Crippen LogP contribution is 2.21. The molecule has 1 aliphatic rings. The molecule has 2 aromatic heterocycles. The lowest BCUT2D eigenvalue weighted by atomic mass is 10.2. The van der Waals surface area contributed by atoms with Crippen LogP contribution in [0.5, 0.6) is 0 Å². The van der Waals surface area contributed by atoms with E-state index in [2.05, 4.69) is 31.0 Å². The maximum atomic E-state index is 11.8. The van der Waals surface area contributed by atoms with Crippen molar-refractivity contribution in [3.8, 4) is 0 Å². The van der Waals surface area contributed by atoms with Crippen LogP contribution in [0.4, 0.5) is 5.13 Å². The van der Waals surface area contributed by atoms with Gasteiger partial charge in [0.15, 0.2) is 0 Å². The van der Waals surface area contributed by atoms with Crippen LogP contribution in [0.25, 0.3) is 0 Å². The number of aromatic nitrogens is 4. The number of amides is 1. The zero-order valence-corrected chi connectivity index (χ0v) is 10.1. The number of hydrogen-bond acceptors (Lipinski definition) is 8. The second-order valence-corrected chi connectivity index (χ2v) is 4.64. The fraction of sp³-hybridized carbons (Fsp3) is 0.444. The van der Waals surface area contributed by atoms with Gasteiger partial charge in [-0.15, -0.1) is 10.2 Å². The van der Waals surface area contributed by atoms with Crippen molar-refractivity contribution in [1.29, 1.82) is 0 Å². The van der Waals surface area contributed by atoms with Crippen molar-refractivity contribution in [2.45, 2.75) is 18.9 Å². The van der Waals surface area contributed by atoms with E-state index < -0.39 is 5.91 Å². The summed E-state index contributed by atoms with van der Waals surface area (Å²) in [6, 6.07) is 0.0561. The largest absolute Gasteiger partial charge is 0.337 e. The van der Waals surface area contributed by atoms with Crippen LogP contribution in [0.15, 0.2) is 10.0 Å². The third-order valence-corrected chi connectivity index (χ3v) is 3.19. The molecular weight excluding hydrogens is 256 g/mol. The average molecular weight is 266 g/mol. The van der Waals surface area contributed by atoms with Gasteiger partial charge >= 0.3 is 0 Å². The molecule has 1 aliphatic heterocycles. The third-order valence-electron chi connectivity index (χ3n) is 2.58. The molecule has 9 heteroatoms. The maximum Gasteiger partial charge on any atom is 0.298 e. The first-order valence-electron chi connectivity index (χ1n) is 5.47. The Bertz CT molecular complexity index is 533. The predicted octanol–water partition coefficient (Wildman–Crippen LogP) is 0.598. The van der Waals surface area contributed by atoms with E-state index in [4.69, 9.17) is 4.52 Å². The molecule has 0 aromatic carbocycles. The van der Waals surface area contributed by atoms with Crippen molar-refractivity contribution in [1.82, 2.24) is 25.7 Å². The molecular formula is C9H10N6O2S. The SMILES string of the molecule is O=C(Nc1nncs1)c1noc(C2CCCN2)n1. The molecule has 0 radical (unpaired) electrons. The van der Waals surface area contributed by atoms with Crippen LogP contribution in [-0.4, -0.2) is 32.8 Å². The number of carbonyl (C=O) groups excluding carboxylic acids is 1. The van der Waals surface area contributed by atoms with E-state index in [-0.39, 0.29) is 11.9 Å². The van der Waals surface area contributed by atoms with Gasteiger partial charge in [0.25, 0.3) is 11.7 Å². The Morgan fingerprint density at radius 1 is 1.61 bits per heavy atom. The van der Waals surface area contributed by atoms with Crippen LogP contribution < -0.4 is 10.6 Å². The van der Waals surface area contributed by atoms with Crippen molar-refractivity contribution >= 4 is 22.4 Å². The Balaban J connectivity index is 1.70. The van der Waals surface area contributed by atoms with Crippen LogP contribution in [0.3, 0.4) is 0 Å². The Hall–Kier alpha value is -1.87. The van der Waals surface area contributed by atoms with Crippen molar-refractivity contribution in [2.24, 2.45) is 0 Å². The summed E-state index contributed by atoms with van der Waals surface area (Å²) in [7, 11) is 0. The smallest absolute Gasteiger partial charge is 0.298 e. The minimum atomic E-state index is -0.445. The summed E-state index contributed by atoms with van der Waals surface area (Å²) in [6.07, 6.45) is 2.01. The lowest BCUT2D eigenvalue weighted by Gasteiger charge is -2.01. The number of hydrogen-bond donors (Lipinski definition) is 2. The van der Waals surface area contributed by atoms with E-state index in [0.29, 0.717) is 11.0 Å². The number of carbonyl (C=O) groups is 1. The van der Waals surface area contributed by atoms with Gasteiger partial charge in [0.05, 0.1) is 6.04 Å². The molecule has 1 amide bonds. The lowest BCUT2D eigenvalue weighted by molar-refractivity contribution is 0.101. The Morgan fingerprint density at radius 3 is 3.28 bits per heavy atom. The van der Waals surface area contributed by atoms with Crippen LogP contribution in [0.1, 0.15) is 35.4 Å². The molecule has 2 aromatic rings. The van der Waals surface area contributed by atoms with Gasteiger partial charge in [-0.1, -0.05) is 16.5 Å². The molecule has 94 valence electrons. The van der Waals surface area contributed by atoms with Gasteiger partial charge in [-0.25, -0.2) is 0 Å². The summed E-state index contributed by atoms with van der Waals surface area (Å²) in [5.41, 5.74) is 1.53. The summed E-state index contributed by atoms with van der Waals surface area (Å²) in [5, 5.41) is 17.2. The second kappa shape index (κ2) is 4.78. The van der Waals surface area contributed by atoms with Gasteiger partial charge in [0.2, 0.25) is 11.0 Å². The highest BCUT2D eigenvalue weighted by Gasteiger charge is 2.24. The first kappa shape index (κ1) is 11.2. The van der Waals surface area contributed by atoms with Crippen molar-refractivity contribution in [3.63, 3.8) is 0 Å². The summed E-state index contributed by atoms with van der Waals surface area (Å²) < 4.78 is 5.07. The molecule has 8 nitrogen and oxygen atoms in total. The lowest BCUT2D eigenvalue weighted by Crippen LogP contribution is -2.15. The van der Waals surface area contributed by atoms with E-state index in [0.717, 1.165) is 19.4 Å². The molecule has 3 heterocycles. The molecule has 1 atom stereocenters. The fourth-order valence-electron chi connectivity index (χ4n) is 1.74. The van der Waals surface area contributed by atoms with Gasteiger partial charge in [0, 0.05) is 0 Å². The summed E-state index contributed by atoms with van der Waals surface area (Å²) in [6.45, 7) is 0.930. The molecule has 0 aliphatic carbocycles. The summed E-state index contributed by atoms with van der Waals surface area (Å²) in [5.74, 6) is 0.0172. The zero-order chi connectivity index (χ0) is 12.4.